The van der Waals surface area contributed by atoms with Crippen LogP contribution in [0.3, 0.4) is 0 Å². The van der Waals surface area contributed by atoms with Crippen LogP contribution in [0.15, 0.2) is 46.9 Å². The fourth-order valence-corrected chi connectivity index (χ4v) is 3.20. The van der Waals surface area contributed by atoms with Gasteiger partial charge in [0.05, 0.1) is 5.56 Å². The summed E-state index contributed by atoms with van der Waals surface area (Å²) >= 11 is 9.24. The molecule has 2 aromatic rings. The molecular formula is C18H17BrClN3O2. The second-order valence-electron chi connectivity index (χ2n) is 5.76. The average Bonchev–Trinajstić information content (AvgIpc) is 2.59. The molecule has 1 atom stereocenters. The van der Waals surface area contributed by atoms with Gasteiger partial charge in [0.25, 0.3) is 11.8 Å². The van der Waals surface area contributed by atoms with E-state index < -0.39 is 0 Å². The molecule has 2 N–H and O–H groups in total. The number of hydrazine groups is 1. The smallest absolute Gasteiger partial charge is 0.276 e. The van der Waals surface area contributed by atoms with Gasteiger partial charge in [-0.25, -0.2) is 5.01 Å². The summed E-state index contributed by atoms with van der Waals surface area (Å²) in [6.07, 6.45) is 1.27. The second-order valence-corrected chi connectivity index (χ2v) is 7.11. The number of hydrogen-bond acceptors (Lipinski definition) is 3. The number of carbonyl (C=O) groups excluding carboxylic acids is 2. The predicted molar refractivity (Wildman–Crippen MR) is 102 cm³/mol. The molecule has 1 aliphatic heterocycles. The number of halogens is 2. The third-order valence-corrected chi connectivity index (χ3v) is 4.70. The molecule has 1 unspecified atom stereocenters. The number of hydrogen-bond donors (Lipinski definition) is 2. The molecule has 0 saturated heterocycles. The molecule has 1 aliphatic rings. The fraction of sp³-hybridized carbons (Fsp3) is 0.222. The van der Waals surface area contributed by atoms with E-state index in [0.717, 1.165) is 16.6 Å². The van der Waals surface area contributed by atoms with Gasteiger partial charge in [0.2, 0.25) is 0 Å². The minimum Gasteiger partial charge on any atom is -0.363 e. The highest BCUT2D eigenvalue weighted by Gasteiger charge is 2.33. The highest BCUT2D eigenvalue weighted by molar-refractivity contribution is 9.10. The van der Waals surface area contributed by atoms with Crippen LogP contribution in [0.2, 0.25) is 5.02 Å². The van der Waals surface area contributed by atoms with Crippen molar-refractivity contribution in [1.82, 2.24) is 10.4 Å². The zero-order valence-corrected chi connectivity index (χ0v) is 15.9. The van der Waals surface area contributed by atoms with Gasteiger partial charge in [-0.1, -0.05) is 40.9 Å². The highest BCUT2D eigenvalue weighted by atomic mass is 79.9. The minimum absolute atomic E-state index is 0.240. The summed E-state index contributed by atoms with van der Waals surface area (Å²) in [5, 5.41) is 5.24. The van der Waals surface area contributed by atoms with E-state index in [9.17, 15) is 9.59 Å². The number of carbonyl (C=O) groups is 2. The Balaban J connectivity index is 1.88. The zero-order valence-electron chi connectivity index (χ0n) is 13.6. The van der Waals surface area contributed by atoms with E-state index >= 15 is 0 Å². The molecule has 25 heavy (non-hydrogen) atoms. The third-order valence-electron chi connectivity index (χ3n) is 3.96. The maximum absolute atomic E-state index is 12.9. The van der Waals surface area contributed by atoms with E-state index in [1.807, 2.05) is 19.1 Å². The first-order chi connectivity index (χ1) is 12.0. The Kier molecular flexibility index (Phi) is 5.30. The standard InChI is InChI=1S/C18H17BrClN3O2/c1-2-3-16-21-15-9-6-12(19)10-14(15)18(25)23(16)22-17(24)11-4-7-13(20)8-5-11/h4-10,16,21H,2-3H2,1H3,(H,22,24). The highest BCUT2D eigenvalue weighted by Crippen LogP contribution is 2.28. The van der Waals surface area contributed by atoms with Crippen LogP contribution in [0, 0.1) is 0 Å². The van der Waals surface area contributed by atoms with E-state index in [2.05, 4.69) is 26.7 Å². The fourth-order valence-electron chi connectivity index (χ4n) is 2.71. The SMILES string of the molecule is CCCC1Nc2ccc(Br)cc2C(=O)N1NC(=O)c1ccc(Cl)cc1. The van der Waals surface area contributed by atoms with Crippen molar-refractivity contribution >= 4 is 45.0 Å². The average molecular weight is 423 g/mol. The van der Waals surface area contributed by atoms with E-state index in [1.165, 1.54) is 5.01 Å². The lowest BCUT2D eigenvalue weighted by atomic mass is 10.1. The summed E-state index contributed by atoms with van der Waals surface area (Å²) in [6.45, 7) is 2.03. The van der Waals surface area contributed by atoms with Crippen LogP contribution in [0.4, 0.5) is 5.69 Å². The van der Waals surface area contributed by atoms with Crippen molar-refractivity contribution in [3.8, 4) is 0 Å². The van der Waals surface area contributed by atoms with Gasteiger partial charge in [-0.05, 0) is 48.9 Å². The molecule has 0 aromatic heterocycles. The van der Waals surface area contributed by atoms with E-state index in [-0.39, 0.29) is 18.0 Å². The summed E-state index contributed by atoms with van der Waals surface area (Å²) in [7, 11) is 0. The summed E-state index contributed by atoms with van der Waals surface area (Å²) in [5.74, 6) is -0.595. The van der Waals surface area contributed by atoms with Gasteiger partial charge in [-0.15, -0.1) is 0 Å². The van der Waals surface area contributed by atoms with Crippen LogP contribution in [0.25, 0.3) is 0 Å². The number of rotatable bonds is 4. The van der Waals surface area contributed by atoms with Crippen molar-refractivity contribution in [3.63, 3.8) is 0 Å². The molecule has 3 rings (SSSR count). The van der Waals surface area contributed by atoms with Gasteiger partial charge in [-0.2, -0.15) is 0 Å². The molecular weight excluding hydrogens is 406 g/mol. The molecule has 0 saturated carbocycles. The largest absolute Gasteiger partial charge is 0.363 e. The third kappa shape index (κ3) is 3.80. The molecule has 2 amide bonds. The molecule has 0 fully saturated rings. The van der Waals surface area contributed by atoms with Gasteiger partial charge in [-0.3, -0.25) is 15.0 Å². The number of fused-ring (bicyclic) bond motifs is 1. The van der Waals surface area contributed by atoms with Gasteiger partial charge in [0.15, 0.2) is 0 Å². The number of nitrogens with zero attached hydrogens (tertiary/aromatic N) is 1. The second kappa shape index (κ2) is 7.45. The van der Waals surface area contributed by atoms with E-state index in [1.54, 1.807) is 30.3 Å². The Morgan fingerprint density at radius 1 is 1.28 bits per heavy atom. The topological polar surface area (TPSA) is 61.4 Å². The van der Waals surface area contributed by atoms with Crippen LogP contribution in [0.5, 0.6) is 0 Å². The van der Waals surface area contributed by atoms with Crippen LogP contribution in [-0.4, -0.2) is 23.0 Å². The number of anilines is 1. The Morgan fingerprint density at radius 2 is 2.00 bits per heavy atom. The maximum atomic E-state index is 12.9. The van der Waals surface area contributed by atoms with Crippen molar-refractivity contribution in [2.24, 2.45) is 0 Å². The van der Waals surface area contributed by atoms with Crippen LogP contribution in [-0.2, 0) is 0 Å². The van der Waals surface area contributed by atoms with Crippen LogP contribution < -0.4 is 10.7 Å². The first-order valence-electron chi connectivity index (χ1n) is 7.96. The normalized spacial score (nSPS) is 16.2. The number of nitrogens with one attached hydrogen (secondary N) is 2. The van der Waals surface area contributed by atoms with Crippen molar-refractivity contribution in [2.45, 2.75) is 25.9 Å². The molecule has 0 bridgehead atoms. The van der Waals surface area contributed by atoms with E-state index in [4.69, 9.17) is 11.6 Å². The summed E-state index contributed by atoms with van der Waals surface area (Å²) < 4.78 is 0.805. The van der Waals surface area contributed by atoms with Crippen molar-refractivity contribution in [2.75, 3.05) is 5.32 Å². The Labute approximate surface area is 159 Å². The monoisotopic (exact) mass is 421 g/mol. The van der Waals surface area contributed by atoms with Gasteiger partial charge < -0.3 is 5.32 Å². The summed E-state index contributed by atoms with van der Waals surface area (Å²) in [4.78, 5) is 25.4. The minimum atomic E-state index is -0.355. The molecule has 2 aromatic carbocycles. The first-order valence-corrected chi connectivity index (χ1v) is 9.13. The Morgan fingerprint density at radius 3 is 2.68 bits per heavy atom. The summed E-state index contributed by atoms with van der Waals surface area (Å²) in [5.41, 5.74) is 4.44. The van der Waals surface area contributed by atoms with E-state index in [0.29, 0.717) is 22.6 Å². The number of amides is 2. The molecule has 5 nitrogen and oxygen atoms in total. The van der Waals surface area contributed by atoms with Crippen molar-refractivity contribution in [3.05, 3.63) is 63.1 Å². The lowest BCUT2D eigenvalue weighted by Crippen LogP contribution is -2.57. The molecule has 0 spiro atoms. The number of benzene rings is 2. The van der Waals surface area contributed by atoms with Crippen molar-refractivity contribution < 1.29 is 9.59 Å². The molecule has 7 heteroatoms. The van der Waals surface area contributed by atoms with Crippen LogP contribution in [0.1, 0.15) is 40.5 Å². The van der Waals surface area contributed by atoms with Gasteiger partial charge >= 0.3 is 0 Å². The lowest BCUT2D eigenvalue weighted by Gasteiger charge is -2.37. The first kappa shape index (κ1) is 17.8. The van der Waals surface area contributed by atoms with Gasteiger partial charge in [0.1, 0.15) is 6.17 Å². The predicted octanol–water partition coefficient (Wildman–Crippen LogP) is 4.44. The maximum Gasteiger partial charge on any atom is 0.276 e. The molecule has 0 aliphatic carbocycles. The molecule has 0 radical (unpaired) electrons. The molecule has 130 valence electrons. The van der Waals surface area contributed by atoms with Crippen molar-refractivity contribution in [1.29, 1.82) is 0 Å². The molecule has 1 heterocycles. The van der Waals surface area contributed by atoms with Gasteiger partial charge in [0, 0.05) is 20.7 Å². The van der Waals surface area contributed by atoms with Crippen LogP contribution >= 0.6 is 27.5 Å². The Hall–Kier alpha value is -2.05. The zero-order chi connectivity index (χ0) is 18.0. The lowest BCUT2D eigenvalue weighted by molar-refractivity contribution is 0.0482. The Bertz CT molecular complexity index is 810. The quantitative estimate of drug-likeness (QED) is 0.765. The summed E-state index contributed by atoms with van der Waals surface area (Å²) in [6, 6.07) is 12.0.